The molecule has 49 heavy (non-hydrogen) atoms. The summed E-state index contributed by atoms with van der Waals surface area (Å²) in [5, 5.41) is 16.6. The second-order valence-electron chi connectivity index (χ2n) is 10.9. The normalized spacial score (nSPS) is 16.5. The van der Waals surface area contributed by atoms with Crippen LogP contribution < -0.4 is 15.6 Å². The highest BCUT2D eigenvalue weighted by Crippen LogP contribution is 2.44. The van der Waals surface area contributed by atoms with Crippen molar-refractivity contribution >= 4 is 17.5 Å². The van der Waals surface area contributed by atoms with E-state index in [1.165, 1.54) is 0 Å². The summed E-state index contributed by atoms with van der Waals surface area (Å²) in [6.45, 7) is 0.00185. The molecule has 5 rings (SSSR count). The number of benzene rings is 4. The van der Waals surface area contributed by atoms with Crippen LogP contribution >= 0.6 is 0 Å². The van der Waals surface area contributed by atoms with Crippen LogP contribution in [-0.2, 0) is 29.0 Å². The van der Waals surface area contributed by atoms with Gasteiger partial charge in [0.15, 0.2) is 11.6 Å². The van der Waals surface area contributed by atoms with E-state index in [-0.39, 0.29) is 43.3 Å². The van der Waals surface area contributed by atoms with Crippen molar-refractivity contribution in [2.45, 2.75) is 37.6 Å². The number of nitrogens with one attached hydrogen (secondary N) is 2. The molecular formula is C34H31F2N9O4. The number of hydrazine groups is 1. The fraction of sp³-hybridized carbons (Fsp3) is 0.235. The lowest BCUT2D eigenvalue weighted by molar-refractivity contribution is -0.130. The topological polar surface area (TPSA) is 190 Å². The van der Waals surface area contributed by atoms with Crippen molar-refractivity contribution in [1.29, 1.82) is 0 Å². The molecule has 0 saturated heterocycles. The van der Waals surface area contributed by atoms with Crippen molar-refractivity contribution in [3.8, 4) is 5.75 Å². The van der Waals surface area contributed by atoms with E-state index < -0.39 is 29.2 Å². The molecule has 0 bridgehead atoms. The summed E-state index contributed by atoms with van der Waals surface area (Å²) in [5.41, 5.74) is 24.2. The number of aliphatic imine (C=N–C) groups is 1. The number of rotatable bonds is 15. The Kier molecular flexibility index (Phi) is 11.4. The van der Waals surface area contributed by atoms with Gasteiger partial charge in [0.25, 0.3) is 5.91 Å². The average Bonchev–Trinajstić information content (AvgIpc) is 3.50. The molecule has 0 spiro atoms. The van der Waals surface area contributed by atoms with E-state index in [2.05, 4.69) is 30.9 Å². The van der Waals surface area contributed by atoms with E-state index in [4.69, 9.17) is 25.1 Å². The van der Waals surface area contributed by atoms with E-state index in [0.29, 0.717) is 41.0 Å². The maximum absolute atomic E-state index is 14.5. The lowest BCUT2D eigenvalue weighted by atomic mass is 9.80. The molecule has 3 N–H and O–H groups in total. The van der Waals surface area contributed by atoms with Gasteiger partial charge in [-0.2, -0.15) is 0 Å². The highest BCUT2D eigenvalue weighted by atomic mass is 19.1. The van der Waals surface area contributed by atoms with Gasteiger partial charge in [-0.1, -0.05) is 58.8 Å². The van der Waals surface area contributed by atoms with Gasteiger partial charge in [0, 0.05) is 52.6 Å². The van der Waals surface area contributed by atoms with Crippen LogP contribution in [0.2, 0.25) is 0 Å². The van der Waals surface area contributed by atoms with Crippen LogP contribution in [0.3, 0.4) is 0 Å². The first-order chi connectivity index (χ1) is 23.9. The number of ether oxygens (including phenoxy) is 2. The molecule has 0 saturated carbocycles. The molecule has 0 radical (unpaired) electrons. The summed E-state index contributed by atoms with van der Waals surface area (Å²) >= 11 is 0. The van der Waals surface area contributed by atoms with Gasteiger partial charge in [0.1, 0.15) is 17.4 Å². The summed E-state index contributed by atoms with van der Waals surface area (Å²) in [7, 11) is 0. The lowest BCUT2D eigenvalue weighted by Crippen LogP contribution is -2.53. The smallest absolute Gasteiger partial charge is 0.266 e. The van der Waals surface area contributed by atoms with Crippen LogP contribution in [0, 0.1) is 11.6 Å². The van der Waals surface area contributed by atoms with E-state index in [9.17, 15) is 19.1 Å². The summed E-state index contributed by atoms with van der Waals surface area (Å²) in [6.07, 6.45) is -0.778. The number of amides is 1. The molecule has 13 nitrogen and oxygen atoms in total. The molecule has 1 heterocycles. The van der Waals surface area contributed by atoms with Crippen molar-refractivity contribution in [2.24, 2.45) is 15.2 Å². The number of nitrogens with zero attached hydrogens (tertiary/aromatic N) is 7. The Labute approximate surface area is 279 Å². The van der Waals surface area contributed by atoms with Gasteiger partial charge in [-0.3, -0.25) is 10.2 Å². The predicted octanol–water partition coefficient (Wildman–Crippen LogP) is 6.80. The molecule has 1 amide bonds. The third kappa shape index (κ3) is 8.12. The molecule has 0 aliphatic carbocycles. The third-order valence-corrected chi connectivity index (χ3v) is 7.76. The summed E-state index contributed by atoms with van der Waals surface area (Å²) in [4.78, 5) is 25.3. The third-order valence-electron chi connectivity index (χ3n) is 7.76. The average molecular weight is 668 g/mol. The molecule has 1 aliphatic rings. The van der Waals surface area contributed by atoms with Gasteiger partial charge in [-0.15, -0.1) is 0 Å². The molecule has 2 atom stereocenters. The number of carbonyl (C=O) groups excluding carboxylic acids is 1. The minimum absolute atomic E-state index is 0.00967. The first-order valence-corrected chi connectivity index (χ1v) is 15.2. The SMILES string of the molecule is [N-]=[N+]=NCc1ccccc1[C@@H]1OC(c2ccc(OCCCO)cc2)=N[C@]1(Cc1ccccc1N=[N+]=[N-])C(=O)NNCc1cc(F)ccc1F. The number of carbonyl (C=O) groups is 1. The number of aliphatic hydroxyl groups excluding tert-OH is 1. The van der Waals surface area contributed by atoms with E-state index in [1.54, 1.807) is 72.8 Å². The fourth-order valence-corrected chi connectivity index (χ4v) is 5.40. The van der Waals surface area contributed by atoms with Crippen molar-refractivity contribution in [3.63, 3.8) is 0 Å². The molecule has 0 unspecified atom stereocenters. The second-order valence-corrected chi connectivity index (χ2v) is 10.9. The molecule has 250 valence electrons. The van der Waals surface area contributed by atoms with Gasteiger partial charge in [0.2, 0.25) is 5.90 Å². The monoisotopic (exact) mass is 667 g/mol. The van der Waals surface area contributed by atoms with Gasteiger partial charge in [0.05, 0.1) is 13.2 Å². The Morgan fingerprint density at radius 3 is 2.49 bits per heavy atom. The van der Waals surface area contributed by atoms with Crippen molar-refractivity contribution < 1.29 is 28.2 Å². The Hall–Kier alpha value is -5.98. The van der Waals surface area contributed by atoms with Crippen LogP contribution in [-0.4, -0.2) is 35.7 Å². The molecule has 0 fully saturated rings. The Balaban J connectivity index is 1.61. The van der Waals surface area contributed by atoms with Crippen molar-refractivity contribution in [1.82, 2.24) is 10.9 Å². The first-order valence-electron chi connectivity index (χ1n) is 15.2. The first kappa shape index (κ1) is 34.4. The van der Waals surface area contributed by atoms with Gasteiger partial charge < -0.3 is 14.6 Å². The molecule has 4 aromatic rings. The quantitative estimate of drug-likeness (QED) is 0.0412. The minimum Gasteiger partial charge on any atom is -0.494 e. The van der Waals surface area contributed by atoms with Gasteiger partial charge in [-0.05, 0) is 70.2 Å². The highest BCUT2D eigenvalue weighted by Gasteiger charge is 2.54. The zero-order chi connectivity index (χ0) is 34.6. The minimum atomic E-state index is -1.79. The fourth-order valence-electron chi connectivity index (χ4n) is 5.40. The number of hydrogen-bond acceptors (Lipinski definition) is 8. The molecule has 1 aliphatic heterocycles. The number of hydrogen-bond donors (Lipinski definition) is 3. The van der Waals surface area contributed by atoms with Crippen LogP contribution in [0.1, 0.15) is 40.3 Å². The molecule has 0 aromatic heterocycles. The van der Waals surface area contributed by atoms with Gasteiger partial charge >= 0.3 is 0 Å². The Bertz CT molecular complexity index is 1930. The molecule has 4 aromatic carbocycles. The van der Waals surface area contributed by atoms with Crippen molar-refractivity contribution in [2.75, 3.05) is 13.2 Å². The van der Waals surface area contributed by atoms with E-state index in [1.807, 2.05) is 0 Å². The maximum Gasteiger partial charge on any atom is 0.266 e. The number of azide groups is 2. The summed E-state index contributed by atoms with van der Waals surface area (Å²) in [6, 6.07) is 23.5. The summed E-state index contributed by atoms with van der Waals surface area (Å²) in [5.74, 6) is -1.34. The van der Waals surface area contributed by atoms with Crippen LogP contribution in [0.25, 0.3) is 20.9 Å². The Morgan fingerprint density at radius 2 is 1.73 bits per heavy atom. The summed E-state index contributed by atoms with van der Waals surface area (Å²) < 4.78 is 40.5. The molecule has 15 heteroatoms. The Morgan fingerprint density at radius 1 is 0.980 bits per heavy atom. The van der Waals surface area contributed by atoms with Crippen LogP contribution in [0.4, 0.5) is 14.5 Å². The maximum atomic E-state index is 14.5. The largest absolute Gasteiger partial charge is 0.494 e. The van der Waals surface area contributed by atoms with Crippen molar-refractivity contribution in [3.05, 3.63) is 151 Å². The zero-order valence-electron chi connectivity index (χ0n) is 26.0. The van der Waals surface area contributed by atoms with E-state index >= 15 is 0 Å². The second kappa shape index (κ2) is 16.2. The van der Waals surface area contributed by atoms with E-state index in [0.717, 1.165) is 18.2 Å². The number of aliphatic hydroxyl groups is 1. The predicted molar refractivity (Wildman–Crippen MR) is 176 cm³/mol. The van der Waals surface area contributed by atoms with Gasteiger partial charge in [-0.25, -0.2) is 19.2 Å². The zero-order valence-corrected chi connectivity index (χ0v) is 26.0. The standard InChI is InChI=1S/C34H31F2N9O4/c35-26-12-15-29(36)25(18-26)21-39-43-33(47)34(19-23-6-2-4-9-30(23)42-45-38)31(28-8-3-1-7-24(28)20-40-44-37)49-32(41-34)22-10-13-27(14-11-22)48-17-5-16-46/h1-4,6-15,18,31,39,46H,5,16-17,19-21H2,(H,43,47)/t31-,34-/m0/s1. The lowest BCUT2D eigenvalue weighted by Gasteiger charge is -2.32. The van der Waals surface area contributed by atoms with Crippen LogP contribution in [0.5, 0.6) is 5.75 Å². The highest BCUT2D eigenvalue weighted by molar-refractivity contribution is 6.01. The number of halogens is 2. The van der Waals surface area contributed by atoms with Crippen LogP contribution in [0.15, 0.2) is 106 Å². The molecular weight excluding hydrogens is 636 g/mol.